The van der Waals surface area contributed by atoms with Crippen molar-refractivity contribution in [1.82, 2.24) is 5.32 Å². The van der Waals surface area contributed by atoms with Crippen LogP contribution in [0.25, 0.3) is 6.08 Å². The minimum atomic E-state index is -0.349. The fraction of sp³-hybridized carbons (Fsp3) is 0.152. The summed E-state index contributed by atoms with van der Waals surface area (Å²) in [6, 6.07) is 26.7. The third kappa shape index (κ3) is 6.44. The molecule has 0 atom stereocenters. The van der Waals surface area contributed by atoms with E-state index in [0.29, 0.717) is 29.0 Å². The predicted molar refractivity (Wildman–Crippen MR) is 160 cm³/mol. The van der Waals surface area contributed by atoms with Gasteiger partial charge < -0.3 is 19.7 Å². The lowest BCUT2D eigenvalue weighted by Crippen LogP contribution is -2.34. The van der Waals surface area contributed by atoms with Gasteiger partial charge in [-0.25, -0.2) is 4.39 Å². The monoisotopic (exact) mass is 568 g/mol. The van der Waals surface area contributed by atoms with Crippen molar-refractivity contribution >= 4 is 35.3 Å². The van der Waals surface area contributed by atoms with Crippen LogP contribution >= 0.6 is 11.8 Å². The second kappa shape index (κ2) is 12.7. The van der Waals surface area contributed by atoms with Crippen molar-refractivity contribution in [3.63, 3.8) is 0 Å². The molecule has 1 heterocycles. The van der Waals surface area contributed by atoms with Crippen LogP contribution in [0.2, 0.25) is 0 Å². The number of halogens is 1. The molecular formula is C33H29FN2O4S. The fourth-order valence-corrected chi connectivity index (χ4v) is 5.65. The van der Waals surface area contributed by atoms with Crippen molar-refractivity contribution in [2.45, 2.75) is 17.9 Å². The number of rotatable bonds is 9. The van der Waals surface area contributed by atoms with Crippen LogP contribution in [0.1, 0.15) is 27.0 Å². The number of benzene rings is 4. The van der Waals surface area contributed by atoms with Crippen LogP contribution < -0.4 is 19.7 Å². The first-order valence-corrected chi connectivity index (χ1v) is 13.9. The molecule has 0 fully saturated rings. The third-order valence-corrected chi connectivity index (χ3v) is 7.83. The molecule has 6 nitrogen and oxygen atoms in total. The summed E-state index contributed by atoms with van der Waals surface area (Å²) in [4.78, 5) is 29.3. The quantitative estimate of drug-likeness (QED) is 0.234. The van der Waals surface area contributed by atoms with E-state index >= 15 is 0 Å². The number of hydrogen-bond acceptors (Lipinski definition) is 5. The average molecular weight is 569 g/mol. The van der Waals surface area contributed by atoms with E-state index in [2.05, 4.69) is 5.32 Å². The lowest BCUT2D eigenvalue weighted by molar-refractivity contribution is -0.114. The molecule has 4 aromatic carbocycles. The highest BCUT2D eigenvalue weighted by atomic mass is 32.2. The second-order valence-electron chi connectivity index (χ2n) is 9.37. The smallest absolute Gasteiger partial charge is 0.265 e. The van der Waals surface area contributed by atoms with Crippen LogP contribution in [0.5, 0.6) is 11.5 Å². The van der Waals surface area contributed by atoms with Gasteiger partial charge in [0.1, 0.15) is 17.3 Å². The van der Waals surface area contributed by atoms with Crippen molar-refractivity contribution in [2.75, 3.05) is 25.7 Å². The molecule has 2 amide bonds. The molecule has 0 saturated carbocycles. The van der Waals surface area contributed by atoms with Crippen LogP contribution in [0.4, 0.5) is 10.1 Å². The van der Waals surface area contributed by atoms with E-state index in [0.717, 1.165) is 33.2 Å². The van der Waals surface area contributed by atoms with E-state index in [-0.39, 0.29) is 24.2 Å². The molecule has 0 aromatic heterocycles. The Balaban J connectivity index is 1.28. The van der Waals surface area contributed by atoms with Crippen molar-refractivity contribution in [1.29, 1.82) is 0 Å². The molecule has 0 radical (unpaired) electrons. The number of methoxy groups -OCH3 is 2. The van der Waals surface area contributed by atoms with E-state index in [1.54, 1.807) is 55.5 Å². The van der Waals surface area contributed by atoms with Crippen LogP contribution in [-0.4, -0.2) is 32.6 Å². The zero-order valence-corrected chi connectivity index (χ0v) is 23.5. The number of carbonyl (C=O) groups excluding carboxylic acids is 2. The number of carbonyl (C=O) groups is 2. The Morgan fingerprint density at radius 1 is 0.927 bits per heavy atom. The molecule has 0 bridgehead atoms. The summed E-state index contributed by atoms with van der Waals surface area (Å²) in [5.74, 6) is 0.719. The van der Waals surface area contributed by atoms with Gasteiger partial charge in [0, 0.05) is 22.6 Å². The van der Waals surface area contributed by atoms with E-state index in [1.807, 2.05) is 54.6 Å². The number of anilines is 1. The Morgan fingerprint density at radius 2 is 1.68 bits per heavy atom. The highest BCUT2D eigenvalue weighted by molar-refractivity contribution is 8.04. The Kier molecular flexibility index (Phi) is 8.70. The SMILES string of the molecule is COc1ccc(OC)c(CCNC(=O)c2ccc(/C=C3\Sc4ccccc4N(Cc4ccccc4F)C3=O)cc2)c1. The summed E-state index contributed by atoms with van der Waals surface area (Å²) in [7, 11) is 3.22. The first kappa shape index (κ1) is 28.0. The lowest BCUT2D eigenvalue weighted by atomic mass is 10.1. The molecule has 41 heavy (non-hydrogen) atoms. The van der Waals surface area contributed by atoms with Crippen molar-refractivity contribution in [3.05, 3.63) is 124 Å². The van der Waals surface area contributed by atoms with Crippen LogP contribution in [0.3, 0.4) is 0 Å². The van der Waals surface area contributed by atoms with Crippen LogP contribution in [0.15, 0.2) is 101 Å². The second-order valence-corrected chi connectivity index (χ2v) is 10.5. The van der Waals surface area contributed by atoms with Gasteiger partial charge in [-0.15, -0.1) is 0 Å². The number of amides is 2. The van der Waals surface area contributed by atoms with Crippen LogP contribution in [-0.2, 0) is 17.8 Å². The van der Waals surface area contributed by atoms with Gasteiger partial charge in [0.05, 0.1) is 31.4 Å². The first-order chi connectivity index (χ1) is 20.0. The molecule has 0 unspecified atom stereocenters. The molecule has 4 aromatic rings. The summed E-state index contributed by atoms with van der Waals surface area (Å²) in [6.07, 6.45) is 2.38. The maximum absolute atomic E-state index is 14.4. The van der Waals surface area contributed by atoms with Crippen molar-refractivity contribution in [2.24, 2.45) is 0 Å². The van der Waals surface area contributed by atoms with Gasteiger partial charge in [-0.1, -0.05) is 54.2 Å². The minimum Gasteiger partial charge on any atom is -0.497 e. The Labute approximate surface area is 242 Å². The number of fused-ring (bicyclic) bond motifs is 1. The summed E-state index contributed by atoms with van der Waals surface area (Å²) in [5, 5.41) is 2.94. The van der Waals surface area contributed by atoms with Gasteiger partial charge in [-0.3, -0.25) is 9.59 Å². The summed E-state index contributed by atoms with van der Waals surface area (Å²) < 4.78 is 25.1. The standard InChI is InChI=1S/C33H29FN2O4S/c1-39-26-15-16-29(40-2)24(20-26)17-18-35-32(37)23-13-11-22(12-14-23)19-31-33(38)36(21-25-7-3-4-8-27(25)34)28-9-5-6-10-30(28)41-31/h3-16,19-20H,17-18,21H2,1-2H3,(H,35,37)/b31-19-. The molecule has 0 aliphatic carbocycles. The van der Waals surface area contributed by atoms with E-state index in [4.69, 9.17) is 9.47 Å². The van der Waals surface area contributed by atoms with Gasteiger partial charge in [0.2, 0.25) is 0 Å². The van der Waals surface area contributed by atoms with E-state index < -0.39 is 0 Å². The zero-order valence-electron chi connectivity index (χ0n) is 22.7. The number of nitrogens with one attached hydrogen (secondary N) is 1. The topological polar surface area (TPSA) is 67.9 Å². The van der Waals surface area contributed by atoms with Crippen molar-refractivity contribution < 1.29 is 23.5 Å². The van der Waals surface area contributed by atoms with Crippen molar-refractivity contribution in [3.8, 4) is 11.5 Å². The number of hydrogen-bond donors (Lipinski definition) is 1. The molecule has 0 saturated heterocycles. The number of ether oxygens (including phenoxy) is 2. The Morgan fingerprint density at radius 3 is 2.44 bits per heavy atom. The summed E-state index contributed by atoms with van der Waals surface area (Å²) in [5.41, 5.74) is 3.43. The Hall–Kier alpha value is -4.56. The molecular weight excluding hydrogens is 539 g/mol. The molecule has 8 heteroatoms. The number of para-hydroxylation sites is 1. The van der Waals surface area contributed by atoms with Gasteiger partial charge in [-0.05, 0) is 72.2 Å². The highest BCUT2D eigenvalue weighted by Crippen LogP contribution is 2.42. The highest BCUT2D eigenvalue weighted by Gasteiger charge is 2.29. The van der Waals surface area contributed by atoms with Crippen LogP contribution in [0, 0.1) is 5.82 Å². The zero-order chi connectivity index (χ0) is 28.8. The molecule has 1 aliphatic heterocycles. The van der Waals surface area contributed by atoms with E-state index in [9.17, 15) is 14.0 Å². The summed E-state index contributed by atoms with van der Waals surface area (Å²) in [6.45, 7) is 0.553. The molecule has 5 rings (SSSR count). The maximum atomic E-state index is 14.4. The fourth-order valence-electron chi connectivity index (χ4n) is 4.59. The van der Waals surface area contributed by atoms with Gasteiger partial charge in [0.25, 0.3) is 11.8 Å². The number of nitrogens with zero attached hydrogens (tertiary/aromatic N) is 1. The molecule has 1 aliphatic rings. The van der Waals surface area contributed by atoms with Gasteiger partial charge in [0.15, 0.2) is 0 Å². The minimum absolute atomic E-state index is 0.126. The van der Waals surface area contributed by atoms with Gasteiger partial charge in [-0.2, -0.15) is 0 Å². The first-order valence-electron chi connectivity index (χ1n) is 13.1. The molecule has 208 valence electrons. The average Bonchev–Trinajstić information content (AvgIpc) is 3.00. The maximum Gasteiger partial charge on any atom is 0.265 e. The molecule has 1 N–H and O–H groups in total. The molecule has 0 spiro atoms. The van der Waals surface area contributed by atoms with Gasteiger partial charge >= 0.3 is 0 Å². The largest absolute Gasteiger partial charge is 0.497 e. The Bertz CT molecular complexity index is 1600. The predicted octanol–water partition coefficient (Wildman–Crippen LogP) is 6.50. The summed E-state index contributed by atoms with van der Waals surface area (Å²) >= 11 is 1.38. The third-order valence-electron chi connectivity index (χ3n) is 6.76. The van der Waals surface area contributed by atoms with E-state index in [1.165, 1.54) is 17.8 Å². The lowest BCUT2D eigenvalue weighted by Gasteiger charge is -2.30. The normalized spacial score (nSPS) is 13.6. The number of thioether (sulfide) groups is 1.